The van der Waals surface area contributed by atoms with Crippen LogP contribution in [0.25, 0.3) is 0 Å². The van der Waals surface area contributed by atoms with Crippen molar-refractivity contribution < 1.29 is 18.3 Å². The Hall–Kier alpha value is -1.40. The standard InChI is InChI=1S/C13H19NO4S/c1-19(17,18)8-4-7-14-10-12-6-3-2-5-11(12)9-13(15)16/h2-3,5-6,14H,4,7-10H2,1H3,(H,15,16). The highest BCUT2D eigenvalue weighted by molar-refractivity contribution is 7.90. The number of hydrogen-bond acceptors (Lipinski definition) is 4. The van der Waals surface area contributed by atoms with Crippen LogP contribution in [0, 0.1) is 0 Å². The molecule has 0 radical (unpaired) electrons. The van der Waals surface area contributed by atoms with E-state index in [1.54, 1.807) is 6.07 Å². The molecule has 0 heterocycles. The SMILES string of the molecule is CS(=O)(=O)CCCNCc1ccccc1CC(=O)O. The van der Waals surface area contributed by atoms with Gasteiger partial charge in [0.15, 0.2) is 0 Å². The Bertz CT molecular complexity index is 525. The van der Waals surface area contributed by atoms with Gasteiger partial charge in [-0.3, -0.25) is 4.79 Å². The quantitative estimate of drug-likeness (QED) is 0.691. The first kappa shape index (κ1) is 15.7. The van der Waals surface area contributed by atoms with E-state index in [4.69, 9.17) is 5.11 Å². The molecule has 2 N–H and O–H groups in total. The number of benzene rings is 1. The van der Waals surface area contributed by atoms with Crippen molar-refractivity contribution >= 4 is 15.8 Å². The van der Waals surface area contributed by atoms with Crippen LogP contribution >= 0.6 is 0 Å². The summed E-state index contributed by atoms with van der Waals surface area (Å²) in [5, 5.41) is 11.9. The lowest BCUT2D eigenvalue weighted by Gasteiger charge is -2.09. The molecule has 1 aromatic rings. The predicted molar refractivity (Wildman–Crippen MR) is 73.8 cm³/mol. The van der Waals surface area contributed by atoms with Gasteiger partial charge in [0, 0.05) is 12.8 Å². The highest BCUT2D eigenvalue weighted by Gasteiger charge is 2.06. The molecule has 0 bridgehead atoms. The van der Waals surface area contributed by atoms with Crippen LogP contribution in [0.2, 0.25) is 0 Å². The van der Waals surface area contributed by atoms with E-state index < -0.39 is 15.8 Å². The Morgan fingerprint density at radius 1 is 1.26 bits per heavy atom. The Balaban J connectivity index is 2.43. The summed E-state index contributed by atoms with van der Waals surface area (Å²) in [4.78, 5) is 10.7. The van der Waals surface area contributed by atoms with Crippen LogP contribution in [-0.4, -0.2) is 38.0 Å². The van der Waals surface area contributed by atoms with E-state index in [1.807, 2.05) is 18.2 Å². The average molecular weight is 285 g/mol. The van der Waals surface area contributed by atoms with Gasteiger partial charge in [0.1, 0.15) is 9.84 Å². The molecule has 0 aliphatic heterocycles. The van der Waals surface area contributed by atoms with Crippen molar-refractivity contribution in [1.29, 1.82) is 0 Å². The molecular weight excluding hydrogens is 266 g/mol. The second kappa shape index (κ2) is 7.25. The van der Waals surface area contributed by atoms with Crippen molar-refractivity contribution in [1.82, 2.24) is 5.32 Å². The first-order chi connectivity index (χ1) is 8.88. The minimum atomic E-state index is -2.91. The van der Waals surface area contributed by atoms with E-state index >= 15 is 0 Å². The molecule has 0 saturated carbocycles. The molecule has 1 aromatic carbocycles. The van der Waals surface area contributed by atoms with Gasteiger partial charge in [-0.2, -0.15) is 0 Å². The van der Waals surface area contributed by atoms with E-state index in [0.717, 1.165) is 11.1 Å². The number of rotatable bonds is 8. The lowest BCUT2D eigenvalue weighted by Crippen LogP contribution is -2.19. The second-order valence-corrected chi connectivity index (χ2v) is 6.76. The van der Waals surface area contributed by atoms with Crippen LogP contribution in [0.15, 0.2) is 24.3 Å². The van der Waals surface area contributed by atoms with Crippen LogP contribution in [0.5, 0.6) is 0 Å². The number of hydrogen-bond donors (Lipinski definition) is 2. The number of carboxylic acid groups (broad SMARTS) is 1. The molecule has 0 unspecified atom stereocenters. The van der Waals surface area contributed by atoms with Gasteiger partial charge in [0.25, 0.3) is 0 Å². The van der Waals surface area contributed by atoms with Gasteiger partial charge >= 0.3 is 5.97 Å². The fourth-order valence-electron chi connectivity index (χ4n) is 1.75. The Morgan fingerprint density at radius 3 is 2.47 bits per heavy atom. The molecule has 5 nitrogen and oxygen atoms in total. The van der Waals surface area contributed by atoms with Gasteiger partial charge in [-0.25, -0.2) is 8.42 Å². The number of sulfone groups is 1. The van der Waals surface area contributed by atoms with Crippen LogP contribution < -0.4 is 5.32 Å². The fraction of sp³-hybridized carbons (Fsp3) is 0.462. The third kappa shape index (κ3) is 6.93. The summed E-state index contributed by atoms with van der Waals surface area (Å²) in [6.45, 7) is 1.14. The summed E-state index contributed by atoms with van der Waals surface area (Å²) in [6, 6.07) is 7.34. The van der Waals surface area contributed by atoms with Crippen molar-refractivity contribution in [2.24, 2.45) is 0 Å². The minimum absolute atomic E-state index is 0.00118. The first-order valence-electron chi connectivity index (χ1n) is 6.05. The van der Waals surface area contributed by atoms with Gasteiger partial charge in [-0.1, -0.05) is 24.3 Å². The predicted octanol–water partition coefficient (Wildman–Crippen LogP) is 0.838. The summed E-state index contributed by atoms with van der Waals surface area (Å²) >= 11 is 0. The molecule has 0 atom stereocenters. The van der Waals surface area contributed by atoms with Gasteiger partial charge in [-0.05, 0) is 24.1 Å². The number of aliphatic carboxylic acids is 1. The minimum Gasteiger partial charge on any atom is -0.481 e. The van der Waals surface area contributed by atoms with Crippen LogP contribution in [0.1, 0.15) is 17.5 Å². The zero-order valence-corrected chi connectivity index (χ0v) is 11.7. The van der Waals surface area contributed by atoms with Gasteiger partial charge in [0.05, 0.1) is 12.2 Å². The Kier molecular flexibility index (Phi) is 5.98. The lowest BCUT2D eigenvalue weighted by molar-refractivity contribution is -0.136. The molecule has 1 rings (SSSR count). The van der Waals surface area contributed by atoms with E-state index in [1.165, 1.54) is 6.26 Å². The third-order valence-electron chi connectivity index (χ3n) is 2.64. The fourth-order valence-corrected chi connectivity index (χ4v) is 2.42. The molecular formula is C13H19NO4S. The zero-order chi connectivity index (χ0) is 14.3. The molecule has 106 valence electrons. The monoisotopic (exact) mass is 285 g/mol. The molecule has 0 amide bonds. The van der Waals surface area contributed by atoms with Gasteiger partial charge < -0.3 is 10.4 Å². The smallest absolute Gasteiger partial charge is 0.307 e. The highest BCUT2D eigenvalue weighted by Crippen LogP contribution is 2.09. The van der Waals surface area contributed by atoms with Gasteiger partial charge in [0.2, 0.25) is 0 Å². The van der Waals surface area contributed by atoms with E-state index in [9.17, 15) is 13.2 Å². The summed E-state index contributed by atoms with van der Waals surface area (Å²) in [7, 11) is -2.91. The topological polar surface area (TPSA) is 83.5 Å². The molecule has 0 aliphatic rings. The van der Waals surface area contributed by atoms with Crippen molar-refractivity contribution in [3.05, 3.63) is 35.4 Å². The molecule has 0 aromatic heterocycles. The van der Waals surface area contributed by atoms with Crippen LogP contribution in [-0.2, 0) is 27.6 Å². The zero-order valence-electron chi connectivity index (χ0n) is 10.9. The average Bonchev–Trinajstić information content (AvgIpc) is 2.28. The molecule has 19 heavy (non-hydrogen) atoms. The Morgan fingerprint density at radius 2 is 1.89 bits per heavy atom. The van der Waals surface area contributed by atoms with Crippen molar-refractivity contribution in [2.45, 2.75) is 19.4 Å². The molecule has 0 spiro atoms. The maximum atomic E-state index is 10.9. The molecule has 6 heteroatoms. The Labute approximate surface area is 113 Å². The largest absolute Gasteiger partial charge is 0.481 e. The third-order valence-corrected chi connectivity index (χ3v) is 3.67. The van der Waals surface area contributed by atoms with Crippen LogP contribution in [0.4, 0.5) is 0 Å². The molecule has 0 aliphatic carbocycles. The van der Waals surface area contributed by atoms with E-state index in [2.05, 4.69) is 5.32 Å². The summed E-state index contributed by atoms with van der Waals surface area (Å²) in [5.41, 5.74) is 1.72. The number of carboxylic acids is 1. The van der Waals surface area contributed by atoms with E-state index in [-0.39, 0.29) is 12.2 Å². The highest BCUT2D eigenvalue weighted by atomic mass is 32.2. The number of nitrogens with one attached hydrogen (secondary N) is 1. The normalized spacial score (nSPS) is 11.4. The van der Waals surface area contributed by atoms with Crippen molar-refractivity contribution in [2.75, 3.05) is 18.6 Å². The van der Waals surface area contributed by atoms with Crippen molar-refractivity contribution in [3.8, 4) is 0 Å². The maximum Gasteiger partial charge on any atom is 0.307 e. The molecule has 0 fully saturated rings. The summed E-state index contributed by atoms with van der Waals surface area (Å²) in [5.74, 6) is -0.693. The second-order valence-electron chi connectivity index (χ2n) is 4.50. The van der Waals surface area contributed by atoms with Crippen LogP contribution in [0.3, 0.4) is 0 Å². The lowest BCUT2D eigenvalue weighted by atomic mass is 10.0. The van der Waals surface area contributed by atoms with Crippen molar-refractivity contribution in [3.63, 3.8) is 0 Å². The maximum absolute atomic E-state index is 10.9. The first-order valence-corrected chi connectivity index (χ1v) is 8.11. The van der Waals surface area contributed by atoms with E-state index in [0.29, 0.717) is 19.5 Å². The summed E-state index contributed by atoms with van der Waals surface area (Å²) in [6.07, 6.45) is 1.77. The molecule has 0 saturated heterocycles. The van der Waals surface area contributed by atoms with Gasteiger partial charge in [-0.15, -0.1) is 0 Å². The number of carbonyl (C=O) groups is 1. The summed E-state index contributed by atoms with van der Waals surface area (Å²) < 4.78 is 21.9.